The number of ether oxygens (including phenoxy) is 2. The third-order valence-corrected chi connectivity index (χ3v) is 7.53. The number of methoxy groups -OCH3 is 1. The molecule has 0 unspecified atom stereocenters. The van der Waals surface area contributed by atoms with Crippen molar-refractivity contribution in [3.63, 3.8) is 0 Å². The first-order chi connectivity index (χ1) is 17.0. The zero-order valence-corrected chi connectivity index (χ0v) is 21.7. The van der Waals surface area contributed by atoms with E-state index in [-0.39, 0.29) is 11.3 Å². The second-order valence-corrected chi connectivity index (χ2v) is 10.7. The van der Waals surface area contributed by atoms with Crippen molar-refractivity contribution < 1.29 is 14.3 Å². The second-order valence-electron chi connectivity index (χ2n) is 10.7. The van der Waals surface area contributed by atoms with Crippen LogP contribution >= 0.6 is 0 Å². The molecule has 0 saturated carbocycles. The summed E-state index contributed by atoms with van der Waals surface area (Å²) in [5.41, 5.74) is 2.23. The zero-order valence-electron chi connectivity index (χ0n) is 21.7. The Labute approximate surface area is 210 Å². The van der Waals surface area contributed by atoms with Gasteiger partial charge in [-0.3, -0.25) is 9.69 Å². The SMILES string of the molecule is COc1cc(C(=O)N2CCC3(CCCCc4ccccc4OCCN(CC(C)C)C3)CC2)ccn1. The van der Waals surface area contributed by atoms with Crippen molar-refractivity contribution in [3.05, 3.63) is 53.7 Å². The van der Waals surface area contributed by atoms with E-state index in [4.69, 9.17) is 9.47 Å². The number of aromatic nitrogens is 1. The van der Waals surface area contributed by atoms with Crippen molar-refractivity contribution in [3.8, 4) is 11.6 Å². The van der Waals surface area contributed by atoms with Crippen LogP contribution < -0.4 is 9.47 Å². The molecule has 3 heterocycles. The van der Waals surface area contributed by atoms with E-state index in [1.54, 1.807) is 25.4 Å². The minimum atomic E-state index is 0.0812. The van der Waals surface area contributed by atoms with Crippen LogP contribution in [0.1, 0.15) is 61.9 Å². The number of aryl methyl sites for hydroxylation is 1. The number of hydrogen-bond donors (Lipinski definition) is 0. The minimum Gasteiger partial charge on any atom is -0.492 e. The summed E-state index contributed by atoms with van der Waals surface area (Å²) in [6.07, 6.45) is 8.41. The Kier molecular flexibility index (Phi) is 8.66. The fourth-order valence-electron chi connectivity index (χ4n) is 5.68. The highest BCUT2D eigenvalue weighted by Gasteiger charge is 2.37. The molecule has 0 N–H and O–H groups in total. The third kappa shape index (κ3) is 6.75. The van der Waals surface area contributed by atoms with E-state index >= 15 is 0 Å². The molecule has 6 heteroatoms. The predicted octanol–water partition coefficient (Wildman–Crippen LogP) is 5.08. The van der Waals surface area contributed by atoms with Crippen LogP contribution in [-0.2, 0) is 6.42 Å². The summed E-state index contributed by atoms with van der Waals surface area (Å²) < 4.78 is 11.5. The number of rotatable bonds is 4. The number of carbonyl (C=O) groups excluding carboxylic acids is 1. The lowest BCUT2D eigenvalue weighted by atomic mass is 9.73. The van der Waals surface area contributed by atoms with Crippen LogP contribution in [0.3, 0.4) is 0 Å². The van der Waals surface area contributed by atoms with Crippen LogP contribution in [0.25, 0.3) is 0 Å². The third-order valence-electron chi connectivity index (χ3n) is 7.53. The highest BCUT2D eigenvalue weighted by Crippen LogP contribution is 2.39. The first-order valence-corrected chi connectivity index (χ1v) is 13.2. The summed E-state index contributed by atoms with van der Waals surface area (Å²) in [5.74, 6) is 2.22. The van der Waals surface area contributed by atoms with Gasteiger partial charge in [-0.25, -0.2) is 4.98 Å². The maximum atomic E-state index is 13.2. The smallest absolute Gasteiger partial charge is 0.254 e. The highest BCUT2D eigenvalue weighted by atomic mass is 16.5. The molecular formula is C29H41N3O3. The van der Waals surface area contributed by atoms with Crippen LogP contribution in [0.4, 0.5) is 0 Å². The summed E-state index contributed by atoms with van der Waals surface area (Å²) in [7, 11) is 1.58. The first kappa shape index (κ1) is 25.5. The van der Waals surface area contributed by atoms with Gasteiger partial charge in [0.2, 0.25) is 5.88 Å². The molecule has 1 aromatic carbocycles. The molecule has 1 aromatic heterocycles. The largest absolute Gasteiger partial charge is 0.492 e. The summed E-state index contributed by atoms with van der Waals surface area (Å²) in [6.45, 7) is 10.0. The number of carbonyl (C=O) groups is 1. The van der Waals surface area contributed by atoms with E-state index in [9.17, 15) is 4.79 Å². The Morgan fingerprint density at radius 3 is 2.69 bits per heavy atom. The number of fused-ring (bicyclic) bond motifs is 1. The fourth-order valence-corrected chi connectivity index (χ4v) is 5.68. The van der Waals surface area contributed by atoms with Gasteiger partial charge in [0.1, 0.15) is 12.4 Å². The first-order valence-electron chi connectivity index (χ1n) is 13.2. The minimum absolute atomic E-state index is 0.0812. The molecule has 1 amide bonds. The lowest BCUT2D eigenvalue weighted by molar-refractivity contribution is 0.0354. The highest BCUT2D eigenvalue weighted by molar-refractivity contribution is 5.94. The molecule has 6 nitrogen and oxygen atoms in total. The van der Waals surface area contributed by atoms with Crippen molar-refractivity contribution in [2.45, 2.75) is 52.4 Å². The Morgan fingerprint density at radius 1 is 1.11 bits per heavy atom. The number of para-hydroxylation sites is 1. The number of amides is 1. The number of likely N-dealkylation sites (tertiary alicyclic amines) is 1. The average molecular weight is 480 g/mol. The van der Waals surface area contributed by atoms with E-state index < -0.39 is 0 Å². The molecule has 2 aliphatic heterocycles. The van der Waals surface area contributed by atoms with Gasteiger partial charge in [-0.2, -0.15) is 0 Å². The van der Waals surface area contributed by atoms with Gasteiger partial charge in [-0.1, -0.05) is 38.5 Å². The molecule has 1 fully saturated rings. The van der Waals surface area contributed by atoms with Crippen LogP contribution in [0, 0.1) is 11.3 Å². The molecule has 1 saturated heterocycles. The van der Waals surface area contributed by atoms with Crippen molar-refractivity contribution >= 4 is 5.91 Å². The van der Waals surface area contributed by atoms with Crippen LogP contribution in [0.15, 0.2) is 42.6 Å². The molecule has 2 aliphatic rings. The molecule has 1 spiro atoms. The predicted molar refractivity (Wildman–Crippen MR) is 139 cm³/mol. The molecule has 0 radical (unpaired) electrons. The van der Waals surface area contributed by atoms with Gasteiger partial charge < -0.3 is 14.4 Å². The summed E-state index contributed by atoms with van der Waals surface area (Å²) >= 11 is 0. The molecule has 0 bridgehead atoms. The van der Waals surface area contributed by atoms with Gasteiger partial charge >= 0.3 is 0 Å². The molecule has 0 atom stereocenters. The summed E-state index contributed by atoms with van der Waals surface area (Å²) in [5, 5.41) is 0. The molecule has 190 valence electrons. The maximum Gasteiger partial charge on any atom is 0.254 e. The fraction of sp³-hybridized carbons (Fsp3) is 0.586. The molecule has 2 aromatic rings. The van der Waals surface area contributed by atoms with Gasteiger partial charge in [0, 0.05) is 50.6 Å². The monoisotopic (exact) mass is 479 g/mol. The number of pyridine rings is 1. The van der Waals surface area contributed by atoms with Crippen LogP contribution in [-0.4, -0.2) is 67.1 Å². The number of hydrogen-bond acceptors (Lipinski definition) is 5. The Hall–Kier alpha value is -2.60. The normalized spacial score (nSPS) is 19.4. The Balaban J connectivity index is 1.46. The van der Waals surface area contributed by atoms with Gasteiger partial charge in [-0.15, -0.1) is 0 Å². The van der Waals surface area contributed by atoms with Crippen molar-refractivity contribution in [2.24, 2.45) is 11.3 Å². The van der Waals surface area contributed by atoms with Gasteiger partial charge in [0.25, 0.3) is 5.91 Å². The van der Waals surface area contributed by atoms with Gasteiger partial charge in [-0.05, 0) is 61.1 Å². The van der Waals surface area contributed by atoms with Gasteiger partial charge in [0.05, 0.1) is 7.11 Å². The van der Waals surface area contributed by atoms with E-state index in [1.165, 1.54) is 24.8 Å². The van der Waals surface area contributed by atoms with Gasteiger partial charge in [0.15, 0.2) is 0 Å². The maximum absolute atomic E-state index is 13.2. The van der Waals surface area contributed by atoms with Crippen LogP contribution in [0.5, 0.6) is 11.6 Å². The van der Waals surface area contributed by atoms with Crippen molar-refractivity contribution in [1.82, 2.24) is 14.8 Å². The van der Waals surface area contributed by atoms with E-state index in [0.717, 1.165) is 57.7 Å². The number of piperidine rings is 1. The average Bonchev–Trinajstić information content (AvgIpc) is 2.86. The molecule has 4 rings (SSSR count). The molecular weight excluding hydrogens is 438 g/mol. The number of nitrogens with zero attached hydrogens (tertiary/aromatic N) is 3. The van der Waals surface area contributed by atoms with E-state index in [2.05, 4.69) is 48.0 Å². The lowest BCUT2D eigenvalue weighted by Gasteiger charge is -2.45. The van der Waals surface area contributed by atoms with E-state index in [1.807, 2.05) is 4.90 Å². The Morgan fingerprint density at radius 2 is 1.91 bits per heavy atom. The molecule has 35 heavy (non-hydrogen) atoms. The quantitative estimate of drug-likeness (QED) is 0.612. The summed E-state index contributed by atoms with van der Waals surface area (Å²) in [6, 6.07) is 12.0. The lowest BCUT2D eigenvalue weighted by Crippen LogP contribution is -2.49. The topological polar surface area (TPSA) is 54.9 Å². The standard InChI is InChI=1S/C29H41N3O3/c1-23(2)21-31-18-19-35-26-10-5-4-8-24(26)9-6-7-12-29(22-31)13-16-32(17-14-29)28(33)25-11-15-30-27(20-25)34-3/h4-5,8,10-11,15,20,23H,6-7,9,12-14,16-19,21-22H2,1-3H3. The van der Waals surface area contributed by atoms with Crippen molar-refractivity contribution in [1.29, 1.82) is 0 Å². The summed E-state index contributed by atoms with van der Waals surface area (Å²) in [4.78, 5) is 22.0. The zero-order chi connectivity index (χ0) is 24.7. The number of benzene rings is 1. The Bertz CT molecular complexity index is 969. The second kappa shape index (κ2) is 11.9. The van der Waals surface area contributed by atoms with Crippen LogP contribution in [0.2, 0.25) is 0 Å². The van der Waals surface area contributed by atoms with Crippen molar-refractivity contribution in [2.75, 3.05) is 46.4 Å². The van der Waals surface area contributed by atoms with E-state index in [0.29, 0.717) is 24.0 Å². The molecule has 0 aliphatic carbocycles.